The van der Waals surface area contributed by atoms with Crippen molar-refractivity contribution in [1.82, 2.24) is 4.98 Å². The van der Waals surface area contributed by atoms with Gasteiger partial charge >= 0.3 is 0 Å². The molecule has 1 heterocycles. The molecule has 0 aliphatic rings. The molecule has 0 saturated carbocycles. The highest BCUT2D eigenvalue weighted by atomic mass is 19.1. The predicted molar refractivity (Wildman–Crippen MR) is 116 cm³/mol. The van der Waals surface area contributed by atoms with Gasteiger partial charge < -0.3 is 15.5 Å². The highest BCUT2D eigenvalue weighted by Crippen LogP contribution is 2.21. The van der Waals surface area contributed by atoms with Crippen molar-refractivity contribution < 1.29 is 9.18 Å². The molecule has 3 rings (SSSR count). The number of hydrogen-bond donors (Lipinski definition) is 2. The Hall–Kier alpha value is -3.41. The van der Waals surface area contributed by atoms with Gasteiger partial charge in [0.2, 0.25) is 5.91 Å². The van der Waals surface area contributed by atoms with Gasteiger partial charge in [-0.1, -0.05) is 12.1 Å². The number of benzene rings is 2. The lowest BCUT2D eigenvalue weighted by Gasteiger charge is -2.21. The summed E-state index contributed by atoms with van der Waals surface area (Å²) in [5.41, 5.74) is 3.34. The van der Waals surface area contributed by atoms with E-state index >= 15 is 0 Å². The lowest BCUT2D eigenvalue weighted by molar-refractivity contribution is -0.115. The Morgan fingerprint density at radius 3 is 2.34 bits per heavy atom. The summed E-state index contributed by atoms with van der Waals surface area (Å²) in [4.78, 5) is 18.7. The fourth-order valence-corrected chi connectivity index (χ4v) is 3.07. The molecule has 0 unspecified atom stereocenters. The summed E-state index contributed by atoms with van der Waals surface area (Å²) in [5.74, 6) is 0.117. The largest absolute Gasteiger partial charge is 0.372 e. The number of nitrogens with zero attached hydrogens (tertiary/aromatic N) is 2. The number of carbonyl (C=O) groups is 1. The highest BCUT2D eigenvalue weighted by molar-refractivity contribution is 5.92. The first-order valence-corrected chi connectivity index (χ1v) is 9.69. The Kier molecular flexibility index (Phi) is 6.79. The molecule has 2 N–H and O–H groups in total. The quantitative estimate of drug-likeness (QED) is 0.567. The summed E-state index contributed by atoms with van der Waals surface area (Å²) >= 11 is 0. The minimum Gasteiger partial charge on any atom is -0.372 e. The summed E-state index contributed by atoms with van der Waals surface area (Å²) in [6.45, 7) is 6.21. The van der Waals surface area contributed by atoms with E-state index in [4.69, 9.17) is 0 Å². The first-order valence-electron chi connectivity index (χ1n) is 9.69. The first kappa shape index (κ1) is 20.3. The van der Waals surface area contributed by atoms with Crippen LogP contribution in [0.4, 0.5) is 27.3 Å². The minimum atomic E-state index is -0.350. The summed E-state index contributed by atoms with van der Waals surface area (Å²) in [7, 11) is 0. The van der Waals surface area contributed by atoms with Crippen LogP contribution in [0.5, 0.6) is 0 Å². The van der Waals surface area contributed by atoms with Crippen molar-refractivity contribution in [2.45, 2.75) is 20.3 Å². The van der Waals surface area contributed by atoms with Gasteiger partial charge in [-0.05, 0) is 67.9 Å². The van der Waals surface area contributed by atoms with E-state index in [0.29, 0.717) is 17.1 Å². The summed E-state index contributed by atoms with van der Waals surface area (Å²) in [6, 6.07) is 17.8. The molecule has 0 aliphatic carbocycles. The molecular formula is C23H25FN4O. The average molecular weight is 392 g/mol. The molecule has 0 aliphatic heterocycles. The number of nitrogens with one attached hydrogen (secondary N) is 2. The van der Waals surface area contributed by atoms with Crippen molar-refractivity contribution in [3.05, 3.63) is 78.2 Å². The van der Waals surface area contributed by atoms with Gasteiger partial charge in [0.1, 0.15) is 11.6 Å². The second kappa shape index (κ2) is 9.68. The van der Waals surface area contributed by atoms with E-state index in [2.05, 4.69) is 46.5 Å². The van der Waals surface area contributed by atoms with Crippen LogP contribution in [-0.4, -0.2) is 24.0 Å². The Morgan fingerprint density at radius 2 is 1.72 bits per heavy atom. The molecule has 0 fully saturated rings. The van der Waals surface area contributed by atoms with Crippen LogP contribution < -0.4 is 15.5 Å². The summed E-state index contributed by atoms with van der Waals surface area (Å²) in [6.07, 6.45) is 1.70. The highest BCUT2D eigenvalue weighted by Gasteiger charge is 2.06. The van der Waals surface area contributed by atoms with E-state index in [1.165, 1.54) is 17.8 Å². The molecule has 1 amide bonds. The van der Waals surface area contributed by atoms with Gasteiger partial charge in [-0.2, -0.15) is 0 Å². The number of rotatable bonds is 8. The standard InChI is InChI=1S/C23H25FN4O/c1-3-28(4-2)21-11-8-19(9-12-21)26-22-13-10-20(16-25-22)27-23(29)15-17-6-5-7-18(24)14-17/h5-14,16H,3-4,15H2,1-2H3,(H,25,26)(H,27,29). The maximum atomic E-state index is 13.2. The monoisotopic (exact) mass is 392 g/mol. The molecule has 0 saturated heterocycles. The fourth-order valence-electron chi connectivity index (χ4n) is 3.07. The number of halogens is 1. The van der Waals surface area contributed by atoms with Gasteiger partial charge in [0.05, 0.1) is 18.3 Å². The third-order valence-corrected chi connectivity index (χ3v) is 4.57. The second-order valence-electron chi connectivity index (χ2n) is 6.63. The van der Waals surface area contributed by atoms with Crippen molar-refractivity contribution in [1.29, 1.82) is 0 Å². The topological polar surface area (TPSA) is 57.3 Å². The smallest absolute Gasteiger partial charge is 0.228 e. The molecule has 2 aromatic carbocycles. The SMILES string of the molecule is CCN(CC)c1ccc(Nc2ccc(NC(=O)Cc3cccc(F)c3)cn2)cc1. The van der Waals surface area contributed by atoms with E-state index in [0.717, 1.165) is 18.8 Å². The molecular weight excluding hydrogens is 367 g/mol. The summed E-state index contributed by atoms with van der Waals surface area (Å²) < 4.78 is 13.2. The molecule has 6 heteroatoms. The van der Waals surface area contributed by atoms with Gasteiger partial charge in [0, 0.05) is 24.5 Å². The second-order valence-corrected chi connectivity index (χ2v) is 6.63. The van der Waals surface area contributed by atoms with Gasteiger partial charge in [-0.25, -0.2) is 9.37 Å². The molecule has 0 atom stereocenters. The normalized spacial score (nSPS) is 10.4. The van der Waals surface area contributed by atoms with Gasteiger partial charge in [0.15, 0.2) is 0 Å². The summed E-state index contributed by atoms with van der Waals surface area (Å²) in [5, 5.41) is 6.03. The molecule has 150 valence electrons. The van der Waals surface area contributed by atoms with Crippen LogP contribution in [0.1, 0.15) is 19.4 Å². The number of pyridine rings is 1. The maximum absolute atomic E-state index is 13.2. The molecule has 0 spiro atoms. The van der Waals surface area contributed by atoms with Gasteiger partial charge in [-0.3, -0.25) is 4.79 Å². The van der Waals surface area contributed by atoms with Crippen molar-refractivity contribution in [2.75, 3.05) is 28.6 Å². The molecule has 29 heavy (non-hydrogen) atoms. The Labute approximate surface area is 170 Å². The third-order valence-electron chi connectivity index (χ3n) is 4.57. The van der Waals surface area contributed by atoms with E-state index in [1.807, 2.05) is 12.1 Å². The number of hydrogen-bond acceptors (Lipinski definition) is 4. The van der Waals surface area contributed by atoms with Gasteiger partial charge in [0.25, 0.3) is 0 Å². The molecule has 5 nitrogen and oxygen atoms in total. The van der Waals surface area contributed by atoms with Crippen LogP contribution in [-0.2, 0) is 11.2 Å². The van der Waals surface area contributed by atoms with E-state index in [9.17, 15) is 9.18 Å². The van der Waals surface area contributed by atoms with Crippen molar-refractivity contribution >= 4 is 28.8 Å². The van der Waals surface area contributed by atoms with Crippen LogP contribution in [0.25, 0.3) is 0 Å². The van der Waals surface area contributed by atoms with Crippen LogP contribution in [0.2, 0.25) is 0 Å². The van der Waals surface area contributed by atoms with Crippen molar-refractivity contribution in [3.8, 4) is 0 Å². The van der Waals surface area contributed by atoms with E-state index in [1.54, 1.807) is 30.5 Å². The minimum absolute atomic E-state index is 0.108. The predicted octanol–water partition coefficient (Wildman–Crippen LogP) is 4.99. The average Bonchev–Trinajstić information content (AvgIpc) is 2.71. The maximum Gasteiger partial charge on any atom is 0.228 e. The lowest BCUT2D eigenvalue weighted by atomic mass is 10.1. The lowest BCUT2D eigenvalue weighted by Crippen LogP contribution is -2.21. The number of aromatic nitrogens is 1. The van der Waals surface area contributed by atoms with E-state index in [-0.39, 0.29) is 18.1 Å². The van der Waals surface area contributed by atoms with E-state index < -0.39 is 0 Å². The molecule has 0 bridgehead atoms. The fraction of sp³-hybridized carbons (Fsp3) is 0.217. The van der Waals surface area contributed by atoms with Crippen LogP contribution in [0.3, 0.4) is 0 Å². The molecule has 1 aromatic heterocycles. The first-order chi connectivity index (χ1) is 14.1. The van der Waals surface area contributed by atoms with Crippen molar-refractivity contribution in [2.24, 2.45) is 0 Å². The van der Waals surface area contributed by atoms with Gasteiger partial charge in [-0.15, -0.1) is 0 Å². The third kappa shape index (κ3) is 5.78. The van der Waals surface area contributed by atoms with Crippen molar-refractivity contribution in [3.63, 3.8) is 0 Å². The zero-order valence-corrected chi connectivity index (χ0v) is 16.7. The molecule has 3 aromatic rings. The zero-order chi connectivity index (χ0) is 20.6. The number of amides is 1. The Balaban J connectivity index is 1.56. The number of anilines is 4. The van der Waals surface area contributed by atoms with Crippen LogP contribution in [0, 0.1) is 5.82 Å². The van der Waals surface area contributed by atoms with Crippen LogP contribution >= 0.6 is 0 Å². The van der Waals surface area contributed by atoms with Crippen LogP contribution in [0.15, 0.2) is 66.9 Å². The zero-order valence-electron chi connectivity index (χ0n) is 16.7. The Bertz CT molecular complexity index is 938. The molecule has 0 radical (unpaired) electrons. The Morgan fingerprint density at radius 1 is 1.00 bits per heavy atom. The number of carbonyl (C=O) groups excluding carboxylic acids is 1.